The van der Waals surface area contributed by atoms with Crippen molar-refractivity contribution in [2.24, 2.45) is 7.05 Å². The first-order chi connectivity index (χ1) is 10.3. The van der Waals surface area contributed by atoms with Crippen molar-refractivity contribution in [2.45, 2.75) is 12.6 Å². The molecule has 0 radical (unpaired) electrons. The molecule has 2 aromatic rings. The molecule has 1 fully saturated rings. The van der Waals surface area contributed by atoms with Gasteiger partial charge in [0.25, 0.3) is 0 Å². The molecule has 21 heavy (non-hydrogen) atoms. The van der Waals surface area contributed by atoms with Crippen molar-refractivity contribution >= 4 is 0 Å². The van der Waals surface area contributed by atoms with Crippen LogP contribution in [0.3, 0.4) is 0 Å². The smallest absolute Gasteiger partial charge is 0.123 e. The van der Waals surface area contributed by atoms with Gasteiger partial charge in [-0.15, -0.1) is 0 Å². The van der Waals surface area contributed by atoms with Crippen LogP contribution in [0.2, 0.25) is 0 Å². The van der Waals surface area contributed by atoms with Crippen LogP contribution in [-0.4, -0.2) is 41.4 Å². The van der Waals surface area contributed by atoms with Gasteiger partial charge in [-0.1, -0.05) is 18.2 Å². The van der Waals surface area contributed by atoms with Crippen LogP contribution in [0.15, 0.2) is 36.7 Å². The zero-order valence-corrected chi connectivity index (χ0v) is 12.6. The van der Waals surface area contributed by atoms with Gasteiger partial charge in [-0.25, -0.2) is 0 Å². The minimum Gasteiger partial charge on any atom is -0.496 e. The molecule has 0 saturated carbocycles. The van der Waals surface area contributed by atoms with Crippen LogP contribution in [-0.2, 0) is 13.6 Å². The number of ether oxygens (including phenoxy) is 1. The van der Waals surface area contributed by atoms with Gasteiger partial charge in [0.15, 0.2) is 0 Å². The number of hydrogen-bond acceptors (Lipinski definition) is 4. The number of benzene rings is 1. The van der Waals surface area contributed by atoms with E-state index in [-0.39, 0.29) is 0 Å². The highest BCUT2D eigenvalue weighted by Gasteiger charge is 2.26. The Hall–Kier alpha value is -1.85. The minimum absolute atomic E-state index is 0.329. The average molecular weight is 286 g/mol. The van der Waals surface area contributed by atoms with Crippen molar-refractivity contribution in [3.05, 3.63) is 47.8 Å². The summed E-state index contributed by atoms with van der Waals surface area (Å²) < 4.78 is 7.39. The summed E-state index contributed by atoms with van der Waals surface area (Å²) in [5.41, 5.74) is 2.50. The normalized spacial score (nSPS) is 19.6. The largest absolute Gasteiger partial charge is 0.496 e. The fraction of sp³-hybridized carbons (Fsp3) is 0.438. The summed E-state index contributed by atoms with van der Waals surface area (Å²) in [6.45, 7) is 3.91. The van der Waals surface area contributed by atoms with E-state index in [1.54, 1.807) is 7.11 Å². The molecule has 3 rings (SSSR count). The van der Waals surface area contributed by atoms with E-state index in [9.17, 15) is 0 Å². The molecular weight excluding hydrogens is 264 g/mol. The molecule has 2 heterocycles. The number of nitrogens with one attached hydrogen (secondary N) is 1. The molecule has 1 aliphatic heterocycles. The van der Waals surface area contributed by atoms with E-state index in [1.807, 2.05) is 30.1 Å². The maximum Gasteiger partial charge on any atom is 0.123 e. The lowest BCUT2D eigenvalue weighted by Gasteiger charge is -2.36. The lowest BCUT2D eigenvalue weighted by molar-refractivity contribution is 0.151. The molecular formula is C16H22N4O. The van der Waals surface area contributed by atoms with Gasteiger partial charge in [0, 0.05) is 50.6 Å². The first-order valence-electron chi connectivity index (χ1n) is 7.33. The first kappa shape index (κ1) is 14.1. The quantitative estimate of drug-likeness (QED) is 0.926. The maximum atomic E-state index is 5.53. The maximum absolute atomic E-state index is 5.53. The Morgan fingerprint density at radius 2 is 2.24 bits per heavy atom. The van der Waals surface area contributed by atoms with Crippen molar-refractivity contribution in [1.82, 2.24) is 20.0 Å². The molecule has 1 atom stereocenters. The fourth-order valence-electron chi connectivity index (χ4n) is 2.97. The first-order valence-corrected chi connectivity index (χ1v) is 7.33. The summed E-state index contributed by atoms with van der Waals surface area (Å²) in [5, 5.41) is 7.75. The monoisotopic (exact) mass is 286 g/mol. The lowest BCUT2D eigenvalue weighted by Crippen LogP contribution is -2.45. The van der Waals surface area contributed by atoms with Gasteiger partial charge in [-0.3, -0.25) is 9.58 Å². The number of nitrogens with zero attached hydrogens (tertiary/aromatic N) is 3. The van der Waals surface area contributed by atoms with E-state index in [0.29, 0.717) is 6.04 Å². The SMILES string of the molecule is COc1ccccc1C1CNCCN1Cc1cnn(C)c1. The van der Waals surface area contributed by atoms with Crippen LogP contribution in [0.5, 0.6) is 5.75 Å². The molecule has 5 heteroatoms. The van der Waals surface area contributed by atoms with Crippen LogP contribution in [0.4, 0.5) is 0 Å². The van der Waals surface area contributed by atoms with Gasteiger partial charge in [0.05, 0.1) is 19.3 Å². The Morgan fingerprint density at radius 3 is 3.00 bits per heavy atom. The van der Waals surface area contributed by atoms with Crippen LogP contribution >= 0.6 is 0 Å². The van der Waals surface area contributed by atoms with Gasteiger partial charge in [0.2, 0.25) is 0 Å². The zero-order chi connectivity index (χ0) is 14.7. The van der Waals surface area contributed by atoms with Gasteiger partial charge >= 0.3 is 0 Å². The van der Waals surface area contributed by atoms with E-state index >= 15 is 0 Å². The second-order valence-electron chi connectivity index (χ2n) is 5.45. The molecule has 0 spiro atoms. The number of para-hydroxylation sites is 1. The molecule has 1 aromatic heterocycles. The van der Waals surface area contributed by atoms with Crippen molar-refractivity contribution in [1.29, 1.82) is 0 Å². The molecule has 1 N–H and O–H groups in total. The molecule has 1 aliphatic rings. The fourth-order valence-corrected chi connectivity index (χ4v) is 2.97. The molecule has 0 amide bonds. The van der Waals surface area contributed by atoms with Crippen LogP contribution in [0.25, 0.3) is 0 Å². The summed E-state index contributed by atoms with van der Waals surface area (Å²) in [7, 11) is 3.69. The lowest BCUT2D eigenvalue weighted by atomic mass is 10.0. The summed E-state index contributed by atoms with van der Waals surface area (Å²) >= 11 is 0. The topological polar surface area (TPSA) is 42.3 Å². The number of aryl methyl sites for hydroxylation is 1. The Balaban J connectivity index is 1.84. The second-order valence-corrected chi connectivity index (χ2v) is 5.45. The third kappa shape index (κ3) is 3.09. The van der Waals surface area contributed by atoms with Gasteiger partial charge in [-0.05, 0) is 6.07 Å². The van der Waals surface area contributed by atoms with Gasteiger partial charge < -0.3 is 10.1 Å². The third-order valence-corrected chi connectivity index (χ3v) is 4.00. The Morgan fingerprint density at radius 1 is 1.38 bits per heavy atom. The minimum atomic E-state index is 0.329. The third-order valence-electron chi connectivity index (χ3n) is 4.00. The van der Waals surface area contributed by atoms with Gasteiger partial charge in [0.1, 0.15) is 5.75 Å². The van der Waals surface area contributed by atoms with E-state index in [0.717, 1.165) is 31.9 Å². The van der Waals surface area contributed by atoms with E-state index in [1.165, 1.54) is 11.1 Å². The number of rotatable bonds is 4. The molecule has 1 unspecified atom stereocenters. The Labute approximate surface area is 125 Å². The number of hydrogen-bond donors (Lipinski definition) is 1. The molecule has 1 aromatic carbocycles. The van der Waals surface area contributed by atoms with Crippen molar-refractivity contribution < 1.29 is 4.74 Å². The summed E-state index contributed by atoms with van der Waals surface area (Å²) in [6, 6.07) is 8.62. The molecule has 1 saturated heterocycles. The highest BCUT2D eigenvalue weighted by Crippen LogP contribution is 2.30. The van der Waals surface area contributed by atoms with Crippen molar-refractivity contribution in [3.8, 4) is 5.75 Å². The highest BCUT2D eigenvalue weighted by molar-refractivity contribution is 5.36. The van der Waals surface area contributed by atoms with E-state index in [4.69, 9.17) is 4.74 Å². The number of piperazine rings is 1. The molecule has 112 valence electrons. The molecule has 0 aliphatic carbocycles. The van der Waals surface area contributed by atoms with Crippen molar-refractivity contribution in [2.75, 3.05) is 26.7 Å². The highest BCUT2D eigenvalue weighted by atomic mass is 16.5. The Bertz CT molecular complexity index is 595. The van der Waals surface area contributed by atoms with Crippen LogP contribution < -0.4 is 10.1 Å². The van der Waals surface area contributed by atoms with Crippen LogP contribution in [0, 0.1) is 0 Å². The predicted octanol–water partition coefficient (Wildman–Crippen LogP) is 1.58. The summed E-state index contributed by atoms with van der Waals surface area (Å²) in [5.74, 6) is 0.961. The standard InChI is InChI=1S/C16H22N4O/c1-19-11-13(9-18-19)12-20-8-7-17-10-15(20)14-5-3-4-6-16(14)21-2/h3-6,9,11,15,17H,7-8,10,12H2,1-2H3. The summed E-state index contributed by atoms with van der Waals surface area (Å²) in [6.07, 6.45) is 4.03. The zero-order valence-electron chi connectivity index (χ0n) is 12.6. The predicted molar refractivity (Wildman–Crippen MR) is 82.2 cm³/mol. The van der Waals surface area contributed by atoms with Gasteiger partial charge in [-0.2, -0.15) is 5.10 Å². The Kier molecular flexibility index (Phi) is 4.22. The van der Waals surface area contributed by atoms with E-state index < -0.39 is 0 Å². The number of methoxy groups -OCH3 is 1. The molecule has 0 bridgehead atoms. The average Bonchev–Trinajstić information content (AvgIpc) is 2.93. The van der Waals surface area contributed by atoms with Crippen molar-refractivity contribution in [3.63, 3.8) is 0 Å². The molecule has 5 nitrogen and oxygen atoms in total. The van der Waals surface area contributed by atoms with E-state index in [2.05, 4.69) is 33.6 Å². The van der Waals surface area contributed by atoms with Crippen LogP contribution in [0.1, 0.15) is 17.2 Å². The second kappa shape index (κ2) is 6.28. The number of aromatic nitrogens is 2. The summed E-state index contributed by atoms with van der Waals surface area (Å²) in [4.78, 5) is 2.49.